The molecule has 6 nitrogen and oxygen atoms in total. The number of hydrogen-bond donors (Lipinski definition) is 2. The first-order valence-electron chi connectivity index (χ1n) is 6.02. The zero-order chi connectivity index (χ0) is 13.0. The molecule has 0 aliphatic heterocycles. The first-order chi connectivity index (χ1) is 8.62. The summed E-state index contributed by atoms with van der Waals surface area (Å²) >= 11 is 0. The maximum absolute atomic E-state index is 11.4. The van der Waals surface area contributed by atoms with Gasteiger partial charge in [0.15, 0.2) is 0 Å². The predicted octanol–water partition coefficient (Wildman–Crippen LogP) is 1.15. The van der Waals surface area contributed by atoms with E-state index in [0.717, 1.165) is 12.8 Å². The van der Waals surface area contributed by atoms with Crippen molar-refractivity contribution in [1.29, 1.82) is 0 Å². The summed E-state index contributed by atoms with van der Waals surface area (Å²) in [6, 6.07) is 3.05. The van der Waals surface area contributed by atoms with Crippen LogP contribution < -0.4 is 10.2 Å². The average molecular weight is 274 g/mol. The number of nitrogens with one attached hydrogen (secondary N) is 2. The zero-order valence-corrected chi connectivity index (χ0v) is 11.1. The van der Waals surface area contributed by atoms with Crippen molar-refractivity contribution in [3.05, 3.63) is 17.9 Å². The summed E-state index contributed by atoms with van der Waals surface area (Å²) in [7, 11) is -2.16. The fraction of sp³-hybridized carbons (Fsp3) is 0.636. The molecular formula is C11H18N2O4S. The van der Waals surface area contributed by atoms with E-state index in [4.69, 9.17) is 9.25 Å². The molecule has 0 amide bonds. The Morgan fingerprint density at radius 2 is 2.11 bits per heavy atom. The fourth-order valence-corrected chi connectivity index (χ4v) is 2.60. The van der Waals surface area contributed by atoms with Crippen molar-refractivity contribution in [1.82, 2.24) is 10.2 Å². The number of rotatable bonds is 6. The maximum Gasteiger partial charge on any atom is 0.273 e. The first-order valence-corrected chi connectivity index (χ1v) is 7.51. The number of furan rings is 1. The second-order valence-electron chi connectivity index (χ2n) is 4.27. The van der Waals surface area contributed by atoms with Crippen molar-refractivity contribution in [3.8, 4) is 0 Å². The Kier molecular flexibility index (Phi) is 4.39. The fourth-order valence-electron chi connectivity index (χ4n) is 1.94. The van der Waals surface area contributed by atoms with E-state index in [1.807, 2.05) is 0 Å². The molecule has 102 valence electrons. The Labute approximate surface area is 107 Å². The number of hydroxylamine groups is 1. The second kappa shape index (κ2) is 5.83. The van der Waals surface area contributed by atoms with E-state index in [0.29, 0.717) is 12.3 Å². The van der Waals surface area contributed by atoms with Crippen LogP contribution >= 0.6 is 0 Å². The molecule has 1 heterocycles. The first kappa shape index (κ1) is 13.5. The predicted molar refractivity (Wildman–Crippen MR) is 65.1 cm³/mol. The third kappa shape index (κ3) is 3.32. The van der Waals surface area contributed by atoms with E-state index in [1.54, 1.807) is 6.07 Å². The molecule has 1 aliphatic carbocycles. The molecule has 1 saturated carbocycles. The summed E-state index contributed by atoms with van der Waals surface area (Å²) in [4.78, 5) is 5.45. The van der Waals surface area contributed by atoms with E-state index in [9.17, 15) is 8.42 Å². The SMILES string of the molecule is CNS(=O)(=O)c1ccc(CNOC2CCCC2)o1. The Morgan fingerprint density at radius 3 is 2.78 bits per heavy atom. The summed E-state index contributed by atoms with van der Waals surface area (Å²) in [5, 5.41) is -0.0809. The molecule has 18 heavy (non-hydrogen) atoms. The normalized spacial score (nSPS) is 17.4. The molecule has 0 bridgehead atoms. The molecule has 2 rings (SSSR count). The summed E-state index contributed by atoms with van der Waals surface area (Å²) in [5.74, 6) is 0.529. The minimum Gasteiger partial charge on any atom is -0.447 e. The summed E-state index contributed by atoms with van der Waals surface area (Å²) in [6.07, 6.45) is 4.82. The molecule has 1 aliphatic rings. The van der Waals surface area contributed by atoms with Gasteiger partial charge in [-0.25, -0.2) is 13.1 Å². The lowest BCUT2D eigenvalue weighted by Crippen LogP contribution is -2.21. The van der Waals surface area contributed by atoms with Crippen molar-refractivity contribution >= 4 is 10.0 Å². The molecule has 1 aromatic heterocycles. The lowest BCUT2D eigenvalue weighted by molar-refractivity contribution is -0.0271. The molecule has 0 saturated heterocycles. The van der Waals surface area contributed by atoms with Gasteiger partial charge in [-0.05, 0) is 32.0 Å². The van der Waals surface area contributed by atoms with Gasteiger partial charge in [-0.1, -0.05) is 12.8 Å². The molecule has 0 spiro atoms. The molecule has 0 unspecified atom stereocenters. The lowest BCUT2D eigenvalue weighted by Gasteiger charge is -2.10. The van der Waals surface area contributed by atoms with Crippen LogP contribution in [-0.2, 0) is 21.4 Å². The maximum atomic E-state index is 11.4. The van der Waals surface area contributed by atoms with Crippen LogP contribution in [0.2, 0.25) is 0 Å². The van der Waals surface area contributed by atoms with Crippen LogP contribution in [0.5, 0.6) is 0 Å². The third-order valence-corrected chi connectivity index (χ3v) is 4.26. The van der Waals surface area contributed by atoms with Crippen LogP contribution in [0.3, 0.4) is 0 Å². The minimum absolute atomic E-state index is 0.0809. The quantitative estimate of drug-likeness (QED) is 0.761. The van der Waals surface area contributed by atoms with Crippen LogP contribution in [0.15, 0.2) is 21.6 Å². The molecule has 2 N–H and O–H groups in total. The highest BCUT2D eigenvalue weighted by molar-refractivity contribution is 7.89. The van der Waals surface area contributed by atoms with Gasteiger partial charge in [-0.3, -0.25) is 4.84 Å². The molecule has 1 fully saturated rings. The third-order valence-electron chi connectivity index (χ3n) is 2.97. The van der Waals surface area contributed by atoms with E-state index in [-0.39, 0.29) is 11.2 Å². The Bertz CT molecular complexity index is 477. The van der Waals surface area contributed by atoms with Gasteiger partial charge in [0.2, 0.25) is 5.09 Å². The highest BCUT2D eigenvalue weighted by atomic mass is 32.2. The van der Waals surface area contributed by atoms with Crippen molar-refractivity contribution in [2.45, 2.75) is 43.4 Å². The molecule has 0 aromatic carbocycles. The summed E-state index contributed by atoms with van der Waals surface area (Å²) < 4.78 is 30.3. The molecule has 1 aromatic rings. The highest BCUT2D eigenvalue weighted by Gasteiger charge is 2.17. The second-order valence-corrected chi connectivity index (χ2v) is 6.09. The van der Waals surface area contributed by atoms with Crippen LogP contribution in [0.1, 0.15) is 31.4 Å². The van der Waals surface area contributed by atoms with Crippen LogP contribution in [0, 0.1) is 0 Å². The van der Waals surface area contributed by atoms with Gasteiger partial charge in [-0.15, -0.1) is 0 Å². The topological polar surface area (TPSA) is 80.6 Å². The Morgan fingerprint density at radius 1 is 1.39 bits per heavy atom. The van der Waals surface area contributed by atoms with Gasteiger partial charge < -0.3 is 4.42 Å². The van der Waals surface area contributed by atoms with Gasteiger partial charge in [0, 0.05) is 0 Å². The monoisotopic (exact) mass is 274 g/mol. The van der Waals surface area contributed by atoms with Crippen molar-refractivity contribution < 1.29 is 17.7 Å². The van der Waals surface area contributed by atoms with Crippen LogP contribution in [0.25, 0.3) is 0 Å². The smallest absolute Gasteiger partial charge is 0.273 e. The van der Waals surface area contributed by atoms with Crippen molar-refractivity contribution in [2.75, 3.05) is 7.05 Å². The molecule has 7 heteroatoms. The van der Waals surface area contributed by atoms with E-state index in [1.165, 1.54) is 26.0 Å². The van der Waals surface area contributed by atoms with Gasteiger partial charge in [0.1, 0.15) is 5.76 Å². The average Bonchev–Trinajstić information content (AvgIpc) is 3.00. The lowest BCUT2D eigenvalue weighted by atomic mass is 10.3. The highest BCUT2D eigenvalue weighted by Crippen LogP contribution is 2.20. The van der Waals surface area contributed by atoms with Crippen molar-refractivity contribution in [3.63, 3.8) is 0 Å². The molecule has 0 radical (unpaired) electrons. The Hall–Kier alpha value is -0.890. The minimum atomic E-state index is -3.50. The summed E-state index contributed by atoms with van der Waals surface area (Å²) in [6.45, 7) is 0.357. The van der Waals surface area contributed by atoms with E-state index in [2.05, 4.69) is 10.2 Å². The standard InChI is InChI=1S/C11H18N2O4S/c1-12-18(14,15)11-7-6-10(16-11)8-13-17-9-4-2-3-5-9/h6-7,9,12-13H,2-5,8H2,1H3. The van der Waals surface area contributed by atoms with Crippen molar-refractivity contribution in [2.24, 2.45) is 0 Å². The number of hydrogen-bond acceptors (Lipinski definition) is 5. The van der Waals surface area contributed by atoms with Crippen LogP contribution in [0.4, 0.5) is 0 Å². The molecular weight excluding hydrogens is 256 g/mol. The largest absolute Gasteiger partial charge is 0.447 e. The van der Waals surface area contributed by atoms with Gasteiger partial charge in [0.25, 0.3) is 10.0 Å². The van der Waals surface area contributed by atoms with Gasteiger partial charge >= 0.3 is 0 Å². The van der Waals surface area contributed by atoms with E-state index >= 15 is 0 Å². The summed E-state index contributed by atoms with van der Waals surface area (Å²) in [5.41, 5.74) is 2.82. The van der Waals surface area contributed by atoms with Crippen LogP contribution in [-0.4, -0.2) is 21.6 Å². The van der Waals surface area contributed by atoms with Gasteiger partial charge in [0.05, 0.1) is 12.6 Å². The molecule has 0 atom stereocenters. The zero-order valence-electron chi connectivity index (χ0n) is 10.3. The number of sulfonamides is 1. The van der Waals surface area contributed by atoms with E-state index < -0.39 is 10.0 Å². The van der Waals surface area contributed by atoms with Gasteiger partial charge in [-0.2, -0.15) is 5.48 Å². The Balaban J connectivity index is 1.83.